The first-order valence-corrected chi connectivity index (χ1v) is 9.24. The van der Waals surface area contributed by atoms with Gasteiger partial charge in [-0.1, -0.05) is 6.92 Å². The van der Waals surface area contributed by atoms with Crippen molar-refractivity contribution in [3.8, 4) is 0 Å². The molecule has 0 aliphatic heterocycles. The predicted molar refractivity (Wildman–Crippen MR) is 107 cm³/mol. The number of fused-ring (bicyclic) bond motifs is 1. The maximum absolute atomic E-state index is 12.1. The maximum Gasteiger partial charge on any atom is 0.222 e. The molecule has 26 heavy (non-hydrogen) atoms. The fraction of sp³-hybridized carbons (Fsp3) is 0.579. The van der Waals surface area contributed by atoms with E-state index >= 15 is 0 Å². The summed E-state index contributed by atoms with van der Waals surface area (Å²) in [5.74, 6) is 1.13. The topological polar surface area (TPSA) is 77.5 Å². The molecule has 2 rings (SSSR count). The van der Waals surface area contributed by atoms with E-state index in [0.29, 0.717) is 18.9 Å². The molecular weight excluding hydrogens is 328 g/mol. The van der Waals surface area contributed by atoms with E-state index in [2.05, 4.69) is 38.8 Å². The highest BCUT2D eigenvalue weighted by Gasteiger charge is 2.18. The zero-order chi connectivity index (χ0) is 18.9. The molecule has 0 fully saturated rings. The predicted octanol–water partition coefficient (Wildman–Crippen LogP) is 2.89. The molecule has 1 amide bonds. The van der Waals surface area contributed by atoms with E-state index in [0.717, 1.165) is 42.7 Å². The van der Waals surface area contributed by atoms with Crippen molar-refractivity contribution in [2.75, 3.05) is 32.6 Å². The molecule has 0 unspecified atom stereocenters. The molecule has 1 N–H and O–H groups in total. The van der Waals surface area contributed by atoms with Crippen molar-refractivity contribution >= 4 is 29.0 Å². The molecular formula is C19H30N6O. The number of aromatic nitrogens is 3. The van der Waals surface area contributed by atoms with Crippen LogP contribution in [-0.2, 0) is 4.79 Å². The lowest BCUT2D eigenvalue weighted by atomic mass is 10.1. The monoisotopic (exact) mass is 358 g/mol. The van der Waals surface area contributed by atoms with Crippen LogP contribution in [0.5, 0.6) is 0 Å². The number of carbonyl (C=O) groups excluding carboxylic acids is 1. The Morgan fingerprint density at radius 2 is 2.19 bits per heavy atom. The summed E-state index contributed by atoms with van der Waals surface area (Å²) in [7, 11) is 5.69. The van der Waals surface area contributed by atoms with Crippen molar-refractivity contribution in [1.82, 2.24) is 19.9 Å². The minimum atomic E-state index is 0.177. The maximum atomic E-state index is 12.1. The summed E-state index contributed by atoms with van der Waals surface area (Å²) in [5.41, 5.74) is 0.859. The van der Waals surface area contributed by atoms with Crippen LogP contribution in [-0.4, -0.2) is 65.7 Å². The molecule has 0 bridgehead atoms. The molecule has 1 atom stereocenters. The number of anilines is 1. The Labute approximate surface area is 155 Å². The molecule has 0 saturated carbocycles. The second-order valence-corrected chi connectivity index (χ2v) is 6.55. The molecule has 142 valence electrons. The van der Waals surface area contributed by atoms with E-state index in [-0.39, 0.29) is 5.91 Å². The minimum Gasteiger partial charge on any atom is -0.356 e. The number of H-pyrrole nitrogens is 1. The standard InChI is InChI=1S/C19H30N6O/c1-5-15(8-7-13-24(3)17(26)9-6-11-20-2)25(4)19-16-10-12-21-18(16)22-14-23-19/h10-12,14-15H,5-9,13H2,1-4H3,(H,21,22,23)/b20-11+/t15-/m1/s1. The summed E-state index contributed by atoms with van der Waals surface area (Å²) in [6, 6.07) is 2.39. The highest BCUT2D eigenvalue weighted by molar-refractivity contribution is 5.87. The first-order chi connectivity index (χ1) is 12.6. The van der Waals surface area contributed by atoms with Gasteiger partial charge in [-0.2, -0.15) is 0 Å². The van der Waals surface area contributed by atoms with Gasteiger partial charge in [0.15, 0.2) is 0 Å². The normalized spacial score (nSPS) is 12.6. The first-order valence-electron chi connectivity index (χ1n) is 9.24. The van der Waals surface area contributed by atoms with Crippen LogP contribution in [0.25, 0.3) is 11.0 Å². The smallest absolute Gasteiger partial charge is 0.222 e. The van der Waals surface area contributed by atoms with Gasteiger partial charge >= 0.3 is 0 Å². The number of amides is 1. The summed E-state index contributed by atoms with van der Waals surface area (Å²) < 4.78 is 0. The number of aliphatic imine (C=N–C) groups is 1. The fourth-order valence-electron chi connectivity index (χ4n) is 3.18. The van der Waals surface area contributed by atoms with E-state index < -0.39 is 0 Å². The summed E-state index contributed by atoms with van der Waals surface area (Å²) in [5, 5.41) is 1.04. The van der Waals surface area contributed by atoms with Crippen LogP contribution in [0.3, 0.4) is 0 Å². The van der Waals surface area contributed by atoms with Crippen molar-refractivity contribution in [2.24, 2.45) is 4.99 Å². The Bertz CT molecular complexity index is 726. The molecule has 2 aromatic heterocycles. The quantitative estimate of drug-likeness (QED) is 0.663. The van der Waals surface area contributed by atoms with Crippen molar-refractivity contribution in [1.29, 1.82) is 0 Å². The average Bonchev–Trinajstić information content (AvgIpc) is 3.13. The number of hydrogen-bond acceptors (Lipinski definition) is 5. The van der Waals surface area contributed by atoms with Crippen molar-refractivity contribution in [3.05, 3.63) is 18.6 Å². The van der Waals surface area contributed by atoms with Crippen LogP contribution in [0.2, 0.25) is 0 Å². The number of nitrogens with one attached hydrogen (secondary N) is 1. The Morgan fingerprint density at radius 3 is 2.92 bits per heavy atom. The van der Waals surface area contributed by atoms with Gasteiger partial charge in [-0.25, -0.2) is 9.97 Å². The SMILES string of the molecule is CC[C@H](CCCN(C)C(=O)CC/C=N/C)N(C)c1ncnc2[nH]ccc12. The minimum absolute atomic E-state index is 0.177. The number of aromatic amines is 1. The van der Waals surface area contributed by atoms with Gasteiger partial charge in [0.05, 0.1) is 5.39 Å². The Morgan fingerprint density at radius 1 is 1.38 bits per heavy atom. The fourth-order valence-corrected chi connectivity index (χ4v) is 3.18. The number of rotatable bonds is 10. The Hall–Kier alpha value is -2.44. The number of nitrogens with zero attached hydrogens (tertiary/aromatic N) is 5. The second-order valence-electron chi connectivity index (χ2n) is 6.55. The molecule has 0 radical (unpaired) electrons. The molecule has 7 heteroatoms. The Kier molecular flexibility index (Phi) is 7.56. The van der Waals surface area contributed by atoms with Gasteiger partial charge in [0, 0.05) is 46.3 Å². The van der Waals surface area contributed by atoms with Crippen LogP contribution in [0, 0.1) is 0 Å². The zero-order valence-corrected chi connectivity index (χ0v) is 16.3. The summed E-state index contributed by atoms with van der Waals surface area (Å²) in [6.45, 7) is 2.96. The van der Waals surface area contributed by atoms with Gasteiger partial charge < -0.3 is 19.8 Å². The summed E-state index contributed by atoms with van der Waals surface area (Å²) >= 11 is 0. The van der Waals surface area contributed by atoms with Crippen LogP contribution in [0.4, 0.5) is 5.82 Å². The largest absolute Gasteiger partial charge is 0.356 e. The Balaban J connectivity index is 1.89. The van der Waals surface area contributed by atoms with E-state index in [1.807, 2.05) is 24.2 Å². The second kappa shape index (κ2) is 9.89. The molecule has 0 spiro atoms. The molecule has 2 heterocycles. The van der Waals surface area contributed by atoms with Gasteiger partial charge in [-0.05, 0) is 38.0 Å². The van der Waals surface area contributed by atoms with Crippen LogP contribution in [0.15, 0.2) is 23.6 Å². The van der Waals surface area contributed by atoms with Gasteiger partial charge in [0.25, 0.3) is 0 Å². The van der Waals surface area contributed by atoms with Crippen molar-refractivity contribution < 1.29 is 4.79 Å². The van der Waals surface area contributed by atoms with Crippen LogP contribution < -0.4 is 4.90 Å². The van der Waals surface area contributed by atoms with Crippen molar-refractivity contribution in [3.63, 3.8) is 0 Å². The molecule has 0 saturated heterocycles. The van der Waals surface area contributed by atoms with Gasteiger partial charge in [-0.15, -0.1) is 0 Å². The van der Waals surface area contributed by atoms with E-state index in [1.165, 1.54) is 0 Å². The van der Waals surface area contributed by atoms with Crippen molar-refractivity contribution in [2.45, 2.75) is 45.1 Å². The van der Waals surface area contributed by atoms with Gasteiger partial charge in [-0.3, -0.25) is 4.79 Å². The van der Waals surface area contributed by atoms with Crippen LogP contribution >= 0.6 is 0 Å². The average molecular weight is 358 g/mol. The lowest BCUT2D eigenvalue weighted by Gasteiger charge is -2.29. The van der Waals surface area contributed by atoms with E-state index in [4.69, 9.17) is 0 Å². The lowest BCUT2D eigenvalue weighted by Crippen LogP contribution is -2.33. The zero-order valence-electron chi connectivity index (χ0n) is 16.3. The van der Waals surface area contributed by atoms with E-state index in [9.17, 15) is 4.79 Å². The third kappa shape index (κ3) is 5.03. The first kappa shape index (κ1) is 19.9. The number of hydrogen-bond donors (Lipinski definition) is 1. The number of carbonyl (C=O) groups is 1. The van der Waals surface area contributed by atoms with Crippen LogP contribution in [0.1, 0.15) is 39.0 Å². The molecule has 0 aliphatic carbocycles. The van der Waals surface area contributed by atoms with Gasteiger partial charge in [0.1, 0.15) is 17.8 Å². The molecule has 7 nitrogen and oxygen atoms in total. The lowest BCUT2D eigenvalue weighted by molar-refractivity contribution is -0.129. The highest BCUT2D eigenvalue weighted by atomic mass is 16.2. The summed E-state index contributed by atoms with van der Waals surface area (Å²) in [4.78, 5) is 31.9. The molecule has 0 aliphatic rings. The van der Waals surface area contributed by atoms with E-state index in [1.54, 1.807) is 19.6 Å². The molecule has 0 aromatic carbocycles. The highest BCUT2D eigenvalue weighted by Crippen LogP contribution is 2.24. The summed E-state index contributed by atoms with van der Waals surface area (Å²) in [6.07, 6.45) is 9.52. The van der Waals surface area contributed by atoms with Gasteiger partial charge in [0.2, 0.25) is 5.91 Å². The molecule has 2 aromatic rings. The third-order valence-corrected chi connectivity index (χ3v) is 4.81. The third-order valence-electron chi connectivity index (χ3n) is 4.81.